The van der Waals surface area contributed by atoms with Crippen molar-refractivity contribution in [3.63, 3.8) is 0 Å². The highest BCUT2D eigenvalue weighted by molar-refractivity contribution is 5.14. The third-order valence-electron chi connectivity index (χ3n) is 2.31. The van der Waals surface area contributed by atoms with E-state index in [9.17, 15) is 0 Å². The van der Waals surface area contributed by atoms with E-state index in [2.05, 4.69) is 23.6 Å². The molecule has 0 atom stereocenters. The Morgan fingerprint density at radius 2 is 1.93 bits per heavy atom. The fourth-order valence-electron chi connectivity index (χ4n) is 1.53. The molecule has 0 aliphatic heterocycles. The van der Waals surface area contributed by atoms with Crippen LogP contribution in [-0.2, 0) is 6.54 Å². The number of aliphatic hydroxyl groups is 1. The van der Waals surface area contributed by atoms with Gasteiger partial charge in [-0.3, -0.25) is 4.90 Å². The first-order chi connectivity index (χ1) is 7.36. The predicted molar refractivity (Wildman–Crippen MR) is 63.6 cm³/mol. The number of rotatable bonds is 7. The van der Waals surface area contributed by atoms with Crippen molar-refractivity contribution < 1.29 is 5.11 Å². The van der Waals surface area contributed by atoms with E-state index in [0.717, 1.165) is 26.1 Å². The van der Waals surface area contributed by atoms with Crippen molar-refractivity contribution in [2.45, 2.75) is 13.0 Å². The van der Waals surface area contributed by atoms with E-state index in [-0.39, 0.29) is 6.61 Å². The number of aliphatic hydroxyl groups excluding tert-OH is 1. The van der Waals surface area contributed by atoms with Crippen molar-refractivity contribution in [2.24, 2.45) is 0 Å². The predicted octanol–water partition coefficient (Wildman–Crippen LogP) is 2.06. The molecule has 1 N–H and O–H groups in total. The van der Waals surface area contributed by atoms with Crippen LogP contribution in [0.1, 0.15) is 12.0 Å². The third kappa shape index (κ3) is 4.77. The molecule has 1 aromatic carbocycles. The van der Waals surface area contributed by atoms with Crippen molar-refractivity contribution in [3.05, 3.63) is 48.6 Å². The van der Waals surface area contributed by atoms with Crippen molar-refractivity contribution >= 4 is 0 Å². The van der Waals surface area contributed by atoms with E-state index >= 15 is 0 Å². The molecular weight excluding hydrogens is 186 g/mol. The first-order valence-electron chi connectivity index (χ1n) is 5.35. The van der Waals surface area contributed by atoms with E-state index in [4.69, 9.17) is 5.11 Å². The lowest BCUT2D eigenvalue weighted by Crippen LogP contribution is -2.27. The Balaban J connectivity index is 2.46. The van der Waals surface area contributed by atoms with Crippen LogP contribution in [0.25, 0.3) is 0 Å². The van der Waals surface area contributed by atoms with Crippen LogP contribution in [-0.4, -0.2) is 29.7 Å². The smallest absolute Gasteiger partial charge is 0.0558 e. The molecule has 0 unspecified atom stereocenters. The number of nitrogens with zero attached hydrogens (tertiary/aromatic N) is 1. The molecule has 15 heavy (non-hydrogen) atoms. The maximum Gasteiger partial charge on any atom is 0.0558 e. The minimum Gasteiger partial charge on any atom is -0.395 e. The number of hydrogen-bond donors (Lipinski definition) is 1. The van der Waals surface area contributed by atoms with Crippen molar-refractivity contribution in [1.29, 1.82) is 0 Å². The minimum atomic E-state index is 0.212. The summed E-state index contributed by atoms with van der Waals surface area (Å²) in [4.78, 5) is 2.23. The van der Waals surface area contributed by atoms with Gasteiger partial charge < -0.3 is 5.11 Å². The molecule has 0 saturated carbocycles. The Morgan fingerprint density at radius 1 is 1.20 bits per heavy atom. The molecule has 0 spiro atoms. The van der Waals surface area contributed by atoms with E-state index in [1.54, 1.807) is 0 Å². The average Bonchev–Trinajstić information content (AvgIpc) is 2.28. The topological polar surface area (TPSA) is 23.5 Å². The third-order valence-corrected chi connectivity index (χ3v) is 2.31. The highest BCUT2D eigenvalue weighted by Crippen LogP contribution is 2.04. The molecule has 0 aromatic heterocycles. The van der Waals surface area contributed by atoms with Gasteiger partial charge in [0.05, 0.1) is 6.61 Å². The van der Waals surface area contributed by atoms with Gasteiger partial charge in [0.2, 0.25) is 0 Å². The fourth-order valence-corrected chi connectivity index (χ4v) is 1.53. The summed E-state index contributed by atoms with van der Waals surface area (Å²) in [5, 5.41) is 8.95. The van der Waals surface area contributed by atoms with Gasteiger partial charge in [-0.15, -0.1) is 6.58 Å². The molecule has 0 aliphatic carbocycles. The van der Waals surface area contributed by atoms with E-state index in [1.807, 2.05) is 24.3 Å². The Kier molecular flexibility index (Phi) is 5.74. The van der Waals surface area contributed by atoms with Crippen molar-refractivity contribution in [2.75, 3.05) is 19.7 Å². The van der Waals surface area contributed by atoms with Crippen LogP contribution in [0, 0.1) is 0 Å². The average molecular weight is 205 g/mol. The van der Waals surface area contributed by atoms with E-state index < -0.39 is 0 Å². The Morgan fingerprint density at radius 3 is 2.53 bits per heavy atom. The molecule has 0 fully saturated rings. The summed E-state index contributed by atoms with van der Waals surface area (Å²) in [7, 11) is 0. The zero-order valence-corrected chi connectivity index (χ0v) is 9.10. The molecule has 82 valence electrons. The quantitative estimate of drug-likeness (QED) is 0.689. The van der Waals surface area contributed by atoms with Gasteiger partial charge in [0.25, 0.3) is 0 Å². The van der Waals surface area contributed by atoms with E-state index in [1.165, 1.54) is 5.56 Å². The zero-order valence-electron chi connectivity index (χ0n) is 9.10. The summed E-state index contributed by atoms with van der Waals surface area (Å²) in [6.45, 7) is 6.50. The Labute approximate surface area is 91.9 Å². The van der Waals surface area contributed by atoms with Crippen LogP contribution in [0.15, 0.2) is 43.0 Å². The van der Waals surface area contributed by atoms with Crippen LogP contribution in [0.4, 0.5) is 0 Å². The van der Waals surface area contributed by atoms with Crippen LogP contribution in [0.3, 0.4) is 0 Å². The second kappa shape index (κ2) is 7.21. The molecule has 0 radical (unpaired) electrons. The molecular formula is C13H19NO. The summed E-state index contributed by atoms with van der Waals surface area (Å²) in [5.74, 6) is 0. The summed E-state index contributed by atoms with van der Waals surface area (Å²) in [5.41, 5.74) is 1.29. The van der Waals surface area contributed by atoms with E-state index in [0.29, 0.717) is 0 Å². The molecule has 0 aliphatic rings. The lowest BCUT2D eigenvalue weighted by molar-refractivity contribution is 0.192. The second-order valence-corrected chi connectivity index (χ2v) is 3.56. The Bertz CT molecular complexity index is 271. The van der Waals surface area contributed by atoms with Crippen LogP contribution < -0.4 is 0 Å². The van der Waals surface area contributed by atoms with Gasteiger partial charge in [-0.05, 0) is 12.0 Å². The highest BCUT2D eigenvalue weighted by Gasteiger charge is 2.03. The lowest BCUT2D eigenvalue weighted by atomic mass is 10.2. The first-order valence-corrected chi connectivity index (χ1v) is 5.35. The van der Waals surface area contributed by atoms with Crippen LogP contribution >= 0.6 is 0 Å². The molecule has 2 nitrogen and oxygen atoms in total. The largest absolute Gasteiger partial charge is 0.395 e. The van der Waals surface area contributed by atoms with Crippen LogP contribution in [0.2, 0.25) is 0 Å². The standard InChI is InChI=1S/C13H19NO/c1-2-3-9-14(10-11-15)12-13-7-5-4-6-8-13/h2,4-8,15H,1,3,9-12H2. The maximum atomic E-state index is 8.95. The van der Waals surface area contributed by atoms with Gasteiger partial charge in [0, 0.05) is 19.6 Å². The molecule has 0 saturated heterocycles. The van der Waals surface area contributed by atoms with Crippen LogP contribution in [0.5, 0.6) is 0 Å². The normalized spacial score (nSPS) is 10.5. The van der Waals surface area contributed by atoms with Gasteiger partial charge in [-0.25, -0.2) is 0 Å². The van der Waals surface area contributed by atoms with Gasteiger partial charge in [-0.2, -0.15) is 0 Å². The molecule has 1 rings (SSSR count). The number of benzene rings is 1. The van der Waals surface area contributed by atoms with Gasteiger partial charge in [0.15, 0.2) is 0 Å². The molecule has 1 aromatic rings. The summed E-state index contributed by atoms with van der Waals surface area (Å²) in [6, 6.07) is 10.3. The highest BCUT2D eigenvalue weighted by atomic mass is 16.3. The summed E-state index contributed by atoms with van der Waals surface area (Å²) >= 11 is 0. The fraction of sp³-hybridized carbons (Fsp3) is 0.385. The second-order valence-electron chi connectivity index (χ2n) is 3.56. The molecule has 2 heteroatoms. The van der Waals surface area contributed by atoms with Gasteiger partial charge >= 0.3 is 0 Å². The van der Waals surface area contributed by atoms with Crippen molar-refractivity contribution in [1.82, 2.24) is 4.90 Å². The summed E-state index contributed by atoms with van der Waals surface area (Å²) < 4.78 is 0. The van der Waals surface area contributed by atoms with Gasteiger partial charge in [-0.1, -0.05) is 36.4 Å². The summed E-state index contributed by atoms with van der Waals surface area (Å²) in [6.07, 6.45) is 2.88. The molecule has 0 heterocycles. The minimum absolute atomic E-state index is 0.212. The Hall–Kier alpha value is -1.12. The van der Waals surface area contributed by atoms with Crippen molar-refractivity contribution in [3.8, 4) is 0 Å². The molecule has 0 amide bonds. The molecule has 0 bridgehead atoms. The lowest BCUT2D eigenvalue weighted by Gasteiger charge is -2.20. The number of hydrogen-bond acceptors (Lipinski definition) is 2. The zero-order chi connectivity index (χ0) is 10.9. The SMILES string of the molecule is C=CCCN(CCO)Cc1ccccc1. The first kappa shape index (κ1) is 12.0. The maximum absolute atomic E-state index is 8.95. The monoisotopic (exact) mass is 205 g/mol. The van der Waals surface area contributed by atoms with Gasteiger partial charge in [0.1, 0.15) is 0 Å².